The molecule has 2 N–H and O–H groups in total. The van der Waals surface area contributed by atoms with E-state index < -0.39 is 0 Å². The molecule has 1 saturated heterocycles. The minimum absolute atomic E-state index is 0.0197. The molecule has 1 amide bonds. The molecule has 1 aromatic carbocycles. The van der Waals surface area contributed by atoms with E-state index in [1.165, 1.54) is 29.2 Å². The Kier molecular flexibility index (Phi) is 4.97. The largest absolute Gasteiger partial charge is 0.357 e. The second kappa shape index (κ2) is 7.70. The number of piperidine rings is 1. The molecular formula is C21H24N4O. The molecule has 0 saturated carbocycles. The van der Waals surface area contributed by atoms with Gasteiger partial charge >= 0.3 is 0 Å². The number of H-pyrrole nitrogens is 1. The summed E-state index contributed by atoms with van der Waals surface area (Å²) in [5, 5.41) is 5.54. The van der Waals surface area contributed by atoms with Gasteiger partial charge < -0.3 is 10.3 Å². The van der Waals surface area contributed by atoms with Crippen LogP contribution in [-0.4, -0.2) is 40.4 Å². The molecule has 0 radical (unpaired) electrons. The Morgan fingerprint density at radius 2 is 2.23 bits per heavy atom. The molecule has 0 aliphatic carbocycles. The van der Waals surface area contributed by atoms with Crippen molar-refractivity contribution < 1.29 is 4.79 Å². The highest BCUT2D eigenvalue weighted by Crippen LogP contribution is 2.22. The fourth-order valence-electron chi connectivity index (χ4n) is 3.83. The molecule has 0 spiro atoms. The average Bonchev–Trinajstić information content (AvgIpc) is 3.22. The van der Waals surface area contributed by atoms with Gasteiger partial charge in [0, 0.05) is 43.6 Å². The number of hydrogen-bond acceptors (Lipinski definition) is 3. The lowest BCUT2D eigenvalue weighted by atomic mass is 9.97. The maximum Gasteiger partial charge on any atom is 0.267 e. The maximum atomic E-state index is 12.1. The van der Waals surface area contributed by atoms with Crippen LogP contribution in [0.4, 0.5) is 0 Å². The van der Waals surface area contributed by atoms with Crippen LogP contribution < -0.4 is 5.32 Å². The van der Waals surface area contributed by atoms with Gasteiger partial charge in [0.15, 0.2) is 0 Å². The first-order valence-corrected chi connectivity index (χ1v) is 9.25. The number of aromatic amines is 1. The number of amides is 1. The highest BCUT2D eigenvalue weighted by Gasteiger charge is 2.21. The summed E-state index contributed by atoms with van der Waals surface area (Å²) in [7, 11) is 0. The maximum absolute atomic E-state index is 12.1. The summed E-state index contributed by atoms with van der Waals surface area (Å²) in [6, 6.07) is 12.2. The molecule has 1 aliphatic heterocycles. The normalized spacial score (nSPS) is 18.1. The molecule has 26 heavy (non-hydrogen) atoms. The van der Waals surface area contributed by atoms with E-state index in [1.807, 2.05) is 18.5 Å². The van der Waals surface area contributed by atoms with Crippen molar-refractivity contribution in [2.45, 2.75) is 19.4 Å². The smallest absolute Gasteiger partial charge is 0.267 e. The Balaban J connectivity index is 1.37. The number of fused-ring (bicyclic) bond motifs is 1. The lowest BCUT2D eigenvalue weighted by Crippen LogP contribution is -2.40. The van der Waals surface area contributed by atoms with Crippen LogP contribution in [-0.2, 0) is 6.54 Å². The minimum Gasteiger partial charge on any atom is -0.357 e. The second-order valence-electron chi connectivity index (χ2n) is 7.05. The molecule has 4 rings (SSSR count). The van der Waals surface area contributed by atoms with Gasteiger partial charge in [-0.05, 0) is 54.5 Å². The summed E-state index contributed by atoms with van der Waals surface area (Å²) in [5.74, 6) is 0.480. The third-order valence-electron chi connectivity index (χ3n) is 5.16. The quantitative estimate of drug-likeness (QED) is 0.744. The van der Waals surface area contributed by atoms with E-state index in [0.717, 1.165) is 26.2 Å². The van der Waals surface area contributed by atoms with Gasteiger partial charge in [0.1, 0.15) is 5.69 Å². The van der Waals surface area contributed by atoms with Crippen LogP contribution in [0.2, 0.25) is 0 Å². The Morgan fingerprint density at radius 1 is 1.27 bits per heavy atom. The molecule has 5 heteroatoms. The van der Waals surface area contributed by atoms with Crippen molar-refractivity contribution in [3.63, 3.8) is 0 Å². The van der Waals surface area contributed by atoms with Crippen molar-refractivity contribution in [1.29, 1.82) is 0 Å². The van der Waals surface area contributed by atoms with Crippen molar-refractivity contribution in [2.24, 2.45) is 5.92 Å². The first kappa shape index (κ1) is 16.8. The highest BCUT2D eigenvalue weighted by molar-refractivity contribution is 5.92. The number of likely N-dealkylation sites (tertiary alicyclic amines) is 1. The van der Waals surface area contributed by atoms with E-state index in [0.29, 0.717) is 11.6 Å². The van der Waals surface area contributed by atoms with Crippen molar-refractivity contribution in [3.05, 3.63) is 66.2 Å². The third kappa shape index (κ3) is 3.78. The number of hydrogen-bond donors (Lipinski definition) is 2. The first-order valence-electron chi connectivity index (χ1n) is 9.25. The van der Waals surface area contributed by atoms with Crippen molar-refractivity contribution >= 4 is 16.7 Å². The van der Waals surface area contributed by atoms with E-state index in [2.05, 4.69) is 44.5 Å². The van der Waals surface area contributed by atoms with Crippen molar-refractivity contribution in [1.82, 2.24) is 20.2 Å². The van der Waals surface area contributed by atoms with E-state index in [1.54, 1.807) is 12.3 Å². The zero-order valence-electron chi connectivity index (χ0n) is 14.8. The van der Waals surface area contributed by atoms with Gasteiger partial charge in [-0.25, -0.2) is 0 Å². The Hall–Kier alpha value is -2.66. The van der Waals surface area contributed by atoms with Gasteiger partial charge in [0.25, 0.3) is 5.91 Å². The van der Waals surface area contributed by atoms with E-state index >= 15 is 0 Å². The summed E-state index contributed by atoms with van der Waals surface area (Å²) in [6.45, 7) is 3.81. The van der Waals surface area contributed by atoms with Crippen LogP contribution >= 0.6 is 0 Å². The standard InChI is InChI=1S/C21H24N4O/c26-21(20-7-2-9-23-20)24-12-16-4-3-11-25(14-16)15-18-6-1-5-17-13-22-10-8-19(17)18/h1-2,5-10,13,16,23H,3-4,11-12,14-15H2,(H,24,26). The van der Waals surface area contributed by atoms with Crippen LogP contribution in [0.25, 0.3) is 10.8 Å². The topological polar surface area (TPSA) is 61.0 Å². The van der Waals surface area contributed by atoms with E-state index in [4.69, 9.17) is 0 Å². The third-order valence-corrected chi connectivity index (χ3v) is 5.16. The van der Waals surface area contributed by atoms with Crippen LogP contribution in [0.3, 0.4) is 0 Å². The van der Waals surface area contributed by atoms with E-state index in [9.17, 15) is 4.79 Å². The summed E-state index contributed by atoms with van der Waals surface area (Å²) >= 11 is 0. The summed E-state index contributed by atoms with van der Waals surface area (Å²) in [5.41, 5.74) is 1.98. The number of nitrogens with one attached hydrogen (secondary N) is 2. The average molecular weight is 348 g/mol. The molecule has 0 bridgehead atoms. The first-order chi connectivity index (χ1) is 12.8. The molecule has 1 fully saturated rings. The molecule has 3 heterocycles. The number of nitrogens with zero attached hydrogens (tertiary/aromatic N) is 2. The van der Waals surface area contributed by atoms with Crippen LogP contribution in [0.5, 0.6) is 0 Å². The van der Waals surface area contributed by atoms with Crippen molar-refractivity contribution in [2.75, 3.05) is 19.6 Å². The summed E-state index contributed by atoms with van der Waals surface area (Å²) < 4.78 is 0. The number of benzene rings is 1. The molecule has 1 aliphatic rings. The fraction of sp³-hybridized carbons (Fsp3) is 0.333. The van der Waals surface area contributed by atoms with Crippen LogP contribution in [0.15, 0.2) is 55.0 Å². The number of rotatable bonds is 5. The molecule has 1 atom stereocenters. The summed E-state index contributed by atoms with van der Waals surface area (Å²) in [6.07, 6.45) is 7.90. The number of carbonyl (C=O) groups is 1. The van der Waals surface area contributed by atoms with Gasteiger partial charge in [0.2, 0.25) is 0 Å². The van der Waals surface area contributed by atoms with Gasteiger partial charge in [-0.3, -0.25) is 14.7 Å². The predicted molar refractivity (Wildman–Crippen MR) is 103 cm³/mol. The van der Waals surface area contributed by atoms with Gasteiger partial charge in [-0.2, -0.15) is 0 Å². The zero-order valence-corrected chi connectivity index (χ0v) is 14.8. The Labute approximate surface area is 153 Å². The fourth-order valence-corrected chi connectivity index (χ4v) is 3.83. The van der Waals surface area contributed by atoms with E-state index in [-0.39, 0.29) is 5.91 Å². The second-order valence-corrected chi connectivity index (χ2v) is 7.05. The van der Waals surface area contributed by atoms with Gasteiger partial charge in [0.05, 0.1) is 0 Å². The molecular weight excluding hydrogens is 324 g/mol. The number of aromatic nitrogens is 2. The zero-order chi connectivity index (χ0) is 17.8. The predicted octanol–water partition coefficient (Wildman–Crippen LogP) is 3.20. The molecule has 2 aromatic heterocycles. The molecule has 3 aromatic rings. The SMILES string of the molecule is O=C(NCC1CCCN(Cc2cccc3cnccc23)C1)c1ccc[nH]1. The highest BCUT2D eigenvalue weighted by atomic mass is 16.1. The summed E-state index contributed by atoms with van der Waals surface area (Å²) in [4.78, 5) is 21.8. The number of carbonyl (C=O) groups excluding carboxylic acids is 1. The van der Waals surface area contributed by atoms with Crippen LogP contribution in [0, 0.1) is 5.92 Å². The minimum atomic E-state index is -0.0197. The van der Waals surface area contributed by atoms with Gasteiger partial charge in [-0.15, -0.1) is 0 Å². The monoisotopic (exact) mass is 348 g/mol. The Bertz CT molecular complexity index is 869. The molecule has 134 valence electrons. The lowest BCUT2D eigenvalue weighted by molar-refractivity contribution is 0.0926. The number of pyridine rings is 1. The Morgan fingerprint density at radius 3 is 3.12 bits per heavy atom. The molecule has 5 nitrogen and oxygen atoms in total. The molecule has 1 unspecified atom stereocenters. The van der Waals surface area contributed by atoms with Crippen LogP contribution in [0.1, 0.15) is 28.9 Å². The lowest BCUT2D eigenvalue weighted by Gasteiger charge is -2.33. The van der Waals surface area contributed by atoms with Gasteiger partial charge in [-0.1, -0.05) is 18.2 Å². The van der Waals surface area contributed by atoms with Crippen molar-refractivity contribution in [3.8, 4) is 0 Å².